The molecule has 18 heavy (non-hydrogen) atoms. The smallest absolute Gasteiger partial charge is 0.342 e. The number of carboxylic acid groups (broad SMARTS) is 2. The lowest BCUT2D eigenvalue weighted by Gasteiger charge is -2.02. The van der Waals surface area contributed by atoms with Crippen LogP contribution in [0, 0.1) is 0 Å². The van der Waals surface area contributed by atoms with E-state index in [1.54, 1.807) is 0 Å². The molecule has 0 amide bonds. The number of carbonyl (C=O) groups is 2. The Labute approximate surface area is 99.8 Å². The zero-order valence-corrected chi connectivity index (χ0v) is 8.81. The molecular formula is C10H7N3O5. The van der Waals surface area contributed by atoms with Gasteiger partial charge in [-0.2, -0.15) is 9.78 Å². The summed E-state index contributed by atoms with van der Waals surface area (Å²) in [5, 5.41) is 30.8. The number of rotatable bonds is 3. The van der Waals surface area contributed by atoms with Gasteiger partial charge >= 0.3 is 11.9 Å². The first-order valence-corrected chi connectivity index (χ1v) is 4.70. The largest absolute Gasteiger partial charge is 0.493 e. The highest BCUT2D eigenvalue weighted by Crippen LogP contribution is 2.20. The number of aromatic carboxylic acids is 2. The topological polar surface area (TPSA) is 126 Å². The summed E-state index contributed by atoms with van der Waals surface area (Å²) in [6.45, 7) is 0. The number of pyridine rings is 1. The first kappa shape index (κ1) is 11.6. The Kier molecular flexibility index (Phi) is 2.68. The van der Waals surface area contributed by atoms with Gasteiger partial charge in [-0.1, -0.05) is 0 Å². The molecule has 0 aromatic carbocycles. The van der Waals surface area contributed by atoms with Crippen molar-refractivity contribution < 1.29 is 24.9 Å². The summed E-state index contributed by atoms with van der Waals surface area (Å²) in [7, 11) is 0. The average Bonchev–Trinajstić information content (AvgIpc) is 2.71. The molecule has 0 saturated carbocycles. The molecule has 3 N–H and O–H groups in total. The van der Waals surface area contributed by atoms with Crippen molar-refractivity contribution in [1.82, 2.24) is 14.8 Å². The van der Waals surface area contributed by atoms with Crippen LogP contribution in [0.25, 0.3) is 5.82 Å². The van der Waals surface area contributed by atoms with E-state index in [1.165, 1.54) is 18.3 Å². The first-order valence-electron chi connectivity index (χ1n) is 4.70. The van der Waals surface area contributed by atoms with Gasteiger partial charge in [-0.15, -0.1) is 0 Å². The molecule has 0 radical (unpaired) electrons. The molecule has 0 aliphatic heterocycles. The fraction of sp³-hybridized carbons (Fsp3) is 0. The number of hydrogen-bond donors (Lipinski definition) is 3. The van der Waals surface area contributed by atoms with Crippen molar-refractivity contribution in [2.24, 2.45) is 0 Å². The summed E-state index contributed by atoms with van der Waals surface area (Å²) in [6.07, 6.45) is 2.17. The van der Waals surface area contributed by atoms with E-state index in [9.17, 15) is 14.7 Å². The molecule has 0 spiro atoms. The van der Waals surface area contributed by atoms with Crippen molar-refractivity contribution in [3.8, 4) is 11.7 Å². The van der Waals surface area contributed by atoms with Gasteiger partial charge < -0.3 is 15.3 Å². The van der Waals surface area contributed by atoms with Crippen molar-refractivity contribution >= 4 is 11.9 Å². The molecule has 0 fully saturated rings. The maximum Gasteiger partial charge on any atom is 0.342 e. The summed E-state index contributed by atoms with van der Waals surface area (Å²) < 4.78 is 0.843. The predicted octanol–water partition coefficient (Wildman–Crippen LogP) is 0.369. The second kappa shape index (κ2) is 4.17. The summed E-state index contributed by atoms with van der Waals surface area (Å²) in [4.78, 5) is 25.3. The van der Waals surface area contributed by atoms with Crippen LogP contribution in [0.4, 0.5) is 0 Å². The van der Waals surface area contributed by atoms with Crippen LogP contribution < -0.4 is 0 Å². The fourth-order valence-electron chi connectivity index (χ4n) is 1.33. The standard InChI is InChI=1S/C10H7N3O5/c14-8-6(10(17)18)4-12-13(8)7-3-5(9(15)16)1-2-11-7/h1-4,14H,(H,15,16)(H,17,18). The second-order valence-corrected chi connectivity index (χ2v) is 3.31. The van der Waals surface area contributed by atoms with Crippen LogP contribution in [0.15, 0.2) is 24.5 Å². The Hall–Kier alpha value is -2.90. The fourth-order valence-corrected chi connectivity index (χ4v) is 1.33. The molecule has 0 bridgehead atoms. The molecule has 8 nitrogen and oxygen atoms in total. The third-order valence-electron chi connectivity index (χ3n) is 2.18. The van der Waals surface area contributed by atoms with Crippen LogP contribution in [-0.4, -0.2) is 42.0 Å². The molecule has 2 aromatic rings. The van der Waals surface area contributed by atoms with Gasteiger partial charge in [0.1, 0.15) is 5.56 Å². The minimum atomic E-state index is -1.34. The number of nitrogens with zero attached hydrogens (tertiary/aromatic N) is 3. The zero-order valence-electron chi connectivity index (χ0n) is 8.81. The third-order valence-corrected chi connectivity index (χ3v) is 2.18. The maximum atomic E-state index is 10.8. The van der Waals surface area contributed by atoms with Crippen molar-refractivity contribution in [1.29, 1.82) is 0 Å². The first-order chi connectivity index (χ1) is 8.50. The van der Waals surface area contributed by atoms with E-state index in [2.05, 4.69) is 10.1 Å². The van der Waals surface area contributed by atoms with Gasteiger partial charge in [0, 0.05) is 6.20 Å². The summed E-state index contributed by atoms with van der Waals surface area (Å²) in [6, 6.07) is 2.44. The molecular weight excluding hydrogens is 242 g/mol. The van der Waals surface area contributed by atoms with E-state index in [-0.39, 0.29) is 11.4 Å². The van der Waals surface area contributed by atoms with E-state index in [1.807, 2.05) is 0 Å². The highest BCUT2D eigenvalue weighted by molar-refractivity contribution is 5.90. The number of aromatic hydroxyl groups is 1. The quantitative estimate of drug-likeness (QED) is 0.717. The summed E-state index contributed by atoms with van der Waals surface area (Å²) in [5.74, 6) is -3.10. The van der Waals surface area contributed by atoms with Crippen LogP contribution in [0.2, 0.25) is 0 Å². The van der Waals surface area contributed by atoms with Crippen molar-refractivity contribution in [3.63, 3.8) is 0 Å². The zero-order chi connectivity index (χ0) is 13.3. The van der Waals surface area contributed by atoms with Crippen LogP contribution >= 0.6 is 0 Å². The number of hydrogen-bond acceptors (Lipinski definition) is 5. The Bertz CT molecular complexity index is 634. The van der Waals surface area contributed by atoms with Crippen molar-refractivity contribution in [3.05, 3.63) is 35.7 Å². The number of aromatic nitrogens is 3. The normalized spacial score (nSPS) is 10.2. The van der Waals surface area contributed by atoms with Crippen LogP contribution in [0.1, 0.15) is 20.7 Å². The Morgan fingerprint density at radius 3 is 2.50 bits per heavy atom. The minimum absolute atomic E-state index is 0.0138. The van der Waals surface area contributed by atoms with Gasteiger partial charge in [-0.25, -0.2) is 14.6 Å². The van der Waals surface area contributed by atoms with Crippen LogP contribution in [-0.2, 0) is 0 Å². The molecule has 0 saturated heterocycles. The minimum Gasteiger partial charge on any atom is -0.493 e. The highest BCUT2D eigenvalue weighted by Gasteiger charge is 2.18. The molecule has 0 unspecified atom stereocenters. The Morgan fingerprint density at radius 2 is 1.94 bits per heavy atom. The van der Waals surface area contributed by atoms with Gasteiger partial charge in [0.25, 0.3) is 0 Å². The predicted molar refractivity (Wildman–Crippen MR) is 56.9 cm³/mol. The summed E-state index contributed by atoms with van der Waals surface area (Å²) in [5.41, 5.74) is -0.440. The monoisotopic (exact) mass is 249 g/mol. The SMILES string of the molecule is O=C(O)c1ccnc(-n2ncc(C(=O)O)c2O)c1. The van der Waals surface area contributed by atoms with E-state index < -0.39 is 23.4 Å². The molecule has 0 atom stereocenters. The van der Waals surface area contributed by atoms with E-state index in [0.29, 0.717) is 0 Å². The second-order valence-electron chi connectivity index (χ2n) is 3.31. The van der Waals surface area contributed by atoms with E-state index >= 15 is 0 Å². The van der Waals surface area contributed by atoms with Crippen molar-refractivity contribution in [2.45, 2.75) is 0 Å². The Morgan fingerprint density at radius 1 is 1.22 bits per heavy atom. The molecule has 2 aromatic heterocycles. The average molecular weight is 249 g/mol. The molecule has 8 heteroatoms. The van der Waals surface area contributed by atoms with E-state index in [4.69, 9.17) is 10.2 Å². The van der Waals surface area contributed by atoms with Gasteiger partial charge in [0.2, 0.25) is 5.88 Å². The highest BCUT2D eigenvalue weighted by atomic mass is 16.4. The molecule has 2 heterocycles. The lowest BCUT2D eigenvalue weighted by Crippen LogP contribution is -2.03. The van der Waals surface area contributed by atoms with Gasteiger partial charge in [0.05, 0.1) is 11.8 Å². The number of carboxylic acids is 2. The van der Waals surface area contributed by atoms with Crippen LogP contribution in [0.5, 0.6) is 5.88 Å². The lowest BCUT2D eigenvalue weighted by molar-refractivity contribution is 0.0683. The molecule has 92 valence electrons. The maximum absolute atomic E-state index is 10.8. The van der Waals surface area contributed by atoms with Gasteiger partial charge in [0.15, 0.2) is 5.82 Å². The molecule has 0 aliphatic rings. The van der Waals surface area contributed by atoms with Crippen molar-refractivity contribution in [2.75, 3.05) is 0 Å². The molecule has 0 aliphatic carbocycles. The molecule has 2 rings (SSSR count). The van der Waals surface area contributed by atoms with Gasteiger partial charge in [-0.3, -0.25) is 0 Å². The summed E-state index contributed by atoms with van der Waals surface area (Å²) >= 11 is 0. The third kappa shape index (κ3) is 1.86. The van der Waals surface area contributed by atoms with Crippen LogP contribution in [0.3, 0.4) is 0 Å². The lowest BCUT2D eigenvalue weighted by atomic mass is 10.2. The Balaban J connectivity index is 2.52. The van der Waals surface area contributed by atoms with Gasteiger partial charge in [-0.05, 0) is 12.1 Å². The van der Waals surface area contributed by atoms with E-state index in [0.717, 1.165) is 10.9 Å².